The Labute approximate surface area is 107 Å². The van der Waals surface area contributed by atoms with E-state index in [9.17, 15) is 0 Å². The smallest absolute Gasteiger partial charge is 0.334 e. The van der Waals surface area contributed by atoms with Gasteiger partial charge in [-0.1, -0.05) is 17.7 Å². The summed E-state index contributed by atoms with van der Waals surface area (Å²) in [5.74, 6) is 0. The third-order valence-corrected chi connectivity index (χ3v) is 6.33. The van der Waals surface area contributed by atoms with Crippen molar-refractivity contribution < 1.29 is 8.85 Å². The molecule has 0 saturated carbocycles. The van der Waals surface area contributed by atoms with Crippen molar-refractivity contribution >= 4 is 8.56 Å². The predicted octanol–water partition coefficient (Wildman–Crippen LogP) is 4.19. The summed E-state index contributed by atoms with van der Waals surface area (Å²) in [6.45, 7) is 10.0. The average molecular weight is 254 g/mol. The summed E-state index contributed by atoms with van der Waals surface area (Å²) in [7, 11) is -1.89. The minimum Gasteiger partial charge on any atom is -0.395 e. The molecule has 17 heavy (non-hydrogen) atoms. The van der Waals surface area contributed by atoms with Gasteiger partial charge < -0.3 is 8.85 Å². The lowest BCUT2D eigenvalue weighted by molar-refractivity contribution is 0.188. The fourth-order valence-corrected chi connectivity index (χ4v) is 4.78. The van der Waals surface area contributed by atoms with Crippen molar-refractivity contribution in [3.05, 3.63) is 23.3 Å². The fraction of sp³-hybridized carbons (Fsp3) is 0.714. The minimum atomic E-state index is -1.89. The molecule has 2 nitrogen and oxygen atoms in total. The molecular weight excluding hydrogens is 228 g/mol. The van der Waals surface area contributed by atoms with E-state index in [2.05, 4.69) is 39.5 Å². The van der Waals surface area contributed by atoms with Crippen LogP contribution in [-0.4, -0.2) is 21.8 Å². The van der Waals surface area contributed by atoms with Crippen LogP contribution in [0.1, 0.15) is 40.0 Å². The van der Waals surface area contributed by atoms with Crippen molar-refractivity contribution in [2.45, 2.75) is 52.6 Å². The Morgan fingerprint density at radius 2 is 1.82 bits per heavy atom. The maximum atomic E-state index is 5.84. The first-order chi connectivity index (χ1) is 8.11. The summed E-state index contributed by atoms with van der Waals surface area (Å²) in [5, 5.41) is 0. The van der Waals surface area contributed by atoms with E-state index >= 15 is 0 Å². The minimum absolute atomic E-state index is 0.768. The summed E-state index contributed by atoms with van der Waals surface area (Å²) in [6.07, 6.45) is 8.12. The van der Waals surface area contributed by atoms with Crippen LogP contribution in [-0.2, 0) is 8.85 Å². The Bertz CT molecular complexity index is 289. The second-order valence-corrected chi connectivity index (χ2v) is 8.05. The topological polar surface area (TPSA) is 18.5 Å². The molecule has 1 aliphatic rings. The van der Waals surface area contributed by atoms with Gasteiger partial charge in [0.1, 0.15) is 0 Å². The molecular formula is C14H26O2Si. The molecule has 0 bridgehead atoms. The Kier molecular flexibility index (Phi) is 6.16. The molecule has 3 heteroatoms. The summed E-state index contributed by atoms with van der Waals surface area (Å²) >= 11 is 0. The summed E-state index contributed by atoms with van der Waals surface area (Å²) in [4.78, 5) is 0. The maximum Gasteiger partial charge on any atom is 0.334 e. The van der Waals surface area contributed by atoms with Gasteiger partial charge in [-0.2, -0.15) is 0 Å². The van der Waals surface area contributed by atoms with Gasteiger partial charge in [0.2, 0.25) is 0 Å². The fourth-order valence-electron chi connectivity index (χ4n) is 2.37. The average Bonchev–Trinajstić information content (AvgIpc) is 2.65. The molecule has 0 radical (unpaired) electrons. The second kappa shape index (κ2) is 7.14. The highest BCUT2D eigenvalue weighted by molar-refractivity contribution is 6.66. The first-order valence-electron chi connectivity index (χ1n) is 6.75. The molecule has 1 rings (SSSR count). The lowest BCUT2D eigenvalue weighted by atomic mass is 10.1. The van der Waals surface area contributed by atoms with Crippen molar-refractivity contribution in [3.8, 4) is 0 Å². The molecule has 1 aliphatic carbocycles. The van der Waals surface area contributed by atoms with E-state index < -0.39 is 8.56 Å². The first kappa shape index (κ1) is 14.7. The molecule has 0 spiro atoms. The third kappa shape index (κ3) is 4.78. The summed E-state index contributed by atoms with van der Waals surface area (Å²) < 4.78 is 11.7. The Morgan fingerprint density at radius 3 is 2.29 bits per heavy atom. The van der Waals surface area contributed by atoms with Crippen LogP contribution in [0.3, 0.4) is 0 Å². The van der Waals surface area contributed by atoms with Crippen LogP contribution in [0.4, 0.5) is 0 Å². The van der Waals surface area contributed by atoms with Gasteiger partial charge in [-0.25, -0.2) is 0 Å². The van der Waals surface area contributed by atoms with E-state index in [1.807, 2.05) is 0 Å². The molecule has 0 aromatic carbocycles. The van der Waals surface area contributed by atoms with Gasteiger partial charge in [-0.3, -0.25) is 0 Å². The van der Waals surface area contributed by atoms with Crippen molar-refractivity contribution in [1.29, 1.82) is 0 Å². The number of rotatable bonds is 8. The quantitative estimate of drug-likeness (QED) is 0.605. The van der Waals surface area contributed by atoms with Gasteiger partial charge in [-0.15, -0.1) is 0 Å². The normalized spacial score (nSPS) is 16.0. The van der Waals surface area contributed by atoms with E-state index in [0.717, 1.165) is 25.7 Å². The van der Waals surface area contributed by atoms with Crippen LogP contribution in [0.15, 0.2) is 23.3 Å². The highest BCUT2D eigenvalue weighted by Crippen LogP contribution is 2.26. The van der Waals surface area contributed by atoms with Gasteiger partial charge in [0.05, 0.1) is 0 Å². The van der Waals surface area contributed by atoms with Crippen LogP contribution < -0.4 is 0 Å². The standard InChI is InChI=1S/C14H26O2Si/c1-5-15-17(4,16-6-2)12-8-11-14-10-7-9-13(14)3/h9-10H,5-8,11-12H2,1-4H3. The van der Waals surface area contributed by atoms with Gasteiger partial charge in [0.15, 0.2) is 0 Å². The second-order valence-electron chi connectivity index (χ2n) is 4.71. The van der Waals surface area contributed by atoms with Crippen LogP contribution >= 0.6 is 0 Å². The Hall–Kier alpha value is -0.383. The zero-order chi connectivity index (χ0) is 12.7. The van der Waals surface area contributed by atoms with Crippen LogP contribution in [0.2, 0.25) is 12.6 Å². The SMILES string of the molecule is CCO[Si](C)(CCCC1=CCC=C1C)OCC. The molecule has 0 aromatic heterocycles. The molecule has 0 amide bonds. The first-order valence-corrected chi connectivity index (χ1v) is 9.27. The van der Waals surface area contributed by atoms with Gasteiger partial charge in [0.25, 0.3) is 0 Å². The van der Waals surface area contributed by atoms with Crippen molar-refractivity contribution in [1.82, 2.24) is 0 Å². The number of hydrogen-bond donors (Lipinski definition) is 0. The molecule has 0 aliphatic heterocycles. The Balaban J connectivity index is 2.34. The molecule has 0 aromatic rings. The van der Waals surface area contributed by atoms with Crippen molar-refractivity contribution in [2.75, 3.05) is 13.2 Å². The zero-order valence-electron chi connectivity index (χ0n) is 11.7. The Morgan fingerprint density at radius 1 is 1.18 bits per heavy atom. The summed E-state index contributed by atoms with van der Waals surface area (Å²) in [5.41, 5.74) is 2.98. The highest BCUT2D eigenvalue weighted by Gasteiger charge is 2.29. The number of allylic oxidation sites excluding steroid dienone is 4. The van der Waals surface area contributed by atoms with Crippen LogP contribution in [0.25, 0.3) is 0 Å². The number of hydrogen-bond acceptors (Lipinski definition) is 2. The van der Waals surface area contributed by atoms with Gasteiger partial charge in [0, 0.05) is 13.2 Å². The van der Waals surface area contributed by atoms with E-state index in [1.165, 1.54) is 24.0 Å². The monoisotopic (exact) mass is 254 g/mol. The van der Waals surface area contributed by atoms with Gasteiger partial charge in [-0.05, 0) is 58.2 Å². The highest BCUT2D eigenvalue weighted by atomic mass is 28.4. The van der Waals surface area contributed by atoms with E-state index in [0.29, 0.717) is 0 Å². The molecule has 0 fully saturated rings. The third-order valence-electron chi connectivity index (χ3n) is 3.27. The van der Waals surface area contributed by atoms with E-state index in [1.54, 1.807) is 0 Å². The molecule has 0 unspecified atom stereocenters. The maximum absolute atomic E-state index is 5.84. The van der Waals surface area contributed by atoms with Crippen LogP contribution in [0.5, 0.6) is 0 Å². The van der Waals surface area contributed by atoms with E-state index in [4.69, 9.17) is 8.85 Å². The van der Waals surface area contributed by atoms with Crippen LogP contribution in [0, 0.1) is 0 Å². The predicted molar refractivity (Wildman–Crippen MR) is 75.4 cm³/mol. The largest absolute Gasteiger partial charge is 0.395 e. The molecule has 98 valence electrons. The molecule has 0 saturated heterocycles. The van der Waals surface area contributed by atoms with Crippen molar-refractivity contribution in [3.63, 3.8) is 0 Å². The zero-order valence-corrected chi connectivity index (χ0v) is 12.7. The summed E-state index contributed by atoms with van der Waals surface area (Å²) in [6, 6.07) is 1.10. The van der Waals surface area contributed by atoms with Gasteiger partial charge >= 0.3 is 8.56 Å². The lowest BCUT2D eigenvalue weighted by Crippen LogP contribution is -2.38. The lowest BCUT2D eigenvalue weighted by Gasteiger charge is -2.26. The van der Waals surface area contributed by atoms with E-state index in [-0.39, 0.29) is 0 Å². The molecule has 0 heterocycles. The molecule has 0 atom stereocenters. The van der Waals surface area contributed by atoms with Crippen molar-refractivity contribution in [2.24, 2.45) is 0 Å². The molecule has 0 N–H and O–H groups in total.